The average Bonchev–Trinajstić information content (AvgIpc) is 3.10. The van der Waals surface area contributed by atoms with Gasteiger partial charge in [0.2, 0.25) is 5.82 Å². The summed E-state index contributed by atoms with van der Waals surface area (Å²) in [6.45, 7) is 2.02. The van der Waals surface area contributed by atoms with Crippen LogP contribution >= 0.6 is 0 Å². The molecule has 0 bridgehead atoms. The fourth-order valence-corrected chi connectivity index (χ4v) is 2.49. The minimum absolute atomic E-state index is 0.410. The smallest absolute Gasteiger partial charge is 0.321 e. The standard InChI is InChI=1S/C19H19N3O3/c1-12-3-7-15(8-4-12)18-21-17(22-25-18)14-9-5-13(6-10-14)11-16(20-2)19(23)24/h3-10,16,20H,11H2,1-2H3,(H,23,24). The first-order valence-electron chi connectivity index (χ1n) is 7.97. The lowest BCUT2D eigenvalue weighted by Crippen LogP contribution is -2.35. The molecule has 0 saturated heterocycles. The Bertz CT molecular complexity index is 854. The van der Waals surface area contributed by atoms with Gasteiger partial charge >= 0.3 is 5.97 Å². The Kier molecular flexibility index (Phi) is 4.90. The van der Waals surface area contributed by atoms with E-state index in [4.69, 9.17) is 9.63 Å². The number of benzene rings is 2. The highest BCUT2D eigenvalue weighted by atomic mass is 16.5. The Balaban J connectivity index is 1.77. The van der Waals surface area contributed by atoms with Crippen molar-refractivity contribution in [2.24, 2.45) is 0 Å². The lowest BCUT2D eigenvalue weighted by molar-refractivity contribution is -0.139. The lowest BCUT2D eigenvalue weighted by atomic mass is 10.0. The summed E-state index contributed by atoms with van der Waals surface area (Å²) in [7, 11) is 1.64. The molecule has 0 aliphatic rings. The van der Waals surface area contributed by atoms with Crippen LogP contribution in [0.25, 0.3) is 22.8 Å². The van der Waals surface area contributed by atoms with E-state index in [1.807, 2.05) is 55.5 Å². The third-order valence-electron chi connectivity index (χ3n) is 4.02. The number of nitrogens with zero attached hydrogens (tertiary/aromatic N) is 2. The highest BCUT2D eigenvalue weighted by Crippen LogP contribution is 2.23. The molecule has 128 valence electrons. The van der Waals surface area contributed by atoms with Crippen LogP contribution in [-0.4, -0.2) is 34.3 Å². The maximum absolute atomic E-state index is 11.1. The highest BCUT2D eigenvalue weighted by molar-refractivity contribution is 5.74. The van der Waals surface area contributed by atoms with E-state index in [1.54, 1.807) is 7.05 Å². The van der Waals surface area contributed by atoms with Crippen LogP contribution in [0.3, 0.4) is 0 Å². The summed E-state index contributed by atoms with van der Waals surface area (Å²) >= 11 is 0. The van der Waals surface area contributed by atoms with E-state index >= 15 is 0 Å². The SMILES string of the molecule is CNC(Cc1ccc(-c2noc(-c3ccc(C)cc3)n2)cc1)C(=O)O. The molecule has 0 fully saturated rings. The molecule has 6 heteroatoms. The molecular weight excluding hydrogens is 318 g/mol. The van der Waals surface area contributed by atoms with Crippen LogP contribution in [0.1, 0.15) is 11.1 Å². The summed E-state index contributed by atoms with van der Waals surface area (Å²) in [5, 5.41) is 15.9. The van der Waals surface area contributed by atoms with Gasteiger partial charge in [0.05, 0.1) is 0 Å². The van der Waals surface area contributed by atoms with Gasteiger partial charge in [-0.2, -0.15) is 4.98 Å². The van der Waals surface area contributed by atoms with Crippen molar-refractivity contribution >= 4 is 5.97 Å². The fourth-order valence-electron chi connectivity index (χ4n) is 2.49. The van der Waals surface area contributed by atoms with Crippen molar-refractivity contribution in [1.82, 2.24) is 15.5 Å². The first-order chi connectivity index (χ1) is 12.1. The molecule has 0 spiro atoms. The molecule has 1 unspecified atom stereocenters. The van der Waals surface area contributed by atoms with Crippen LogP contribution in [0.2, 0.25) is 0 Å². The number of hydrogen-bond donors (Lipinski definition) is 2. The number of aryl methyl sites for hydroxylation is 1. The number of carboxylic acids is 1. The van der Waals surface area contributed by atoms with Gasteiger partial charge in [0.1, 0.15) is 6.04 Å². The van der Waals surface area contributed by atoms with Gasteiger partial charge in [0.15, 0.2) is 0 Å². The first kappa shape index (κ1) is 16.9. The maximum Gasteiger partial charge on any atom is 0.321 e. The van der Waals surface area contributed by atoms with Gasteiger partial charge in [-0.3, -0.25) is 4.79 Å². The first-order valence-corrected chi connectivity index (χ1v) is 7.97. The van der Waals surface area contributed by atoms with Gasteiger partial charge < -0.3 is 14.9 Å². The molecule has 2 aromatic carbocycles. The Morgan fingerprint density at radius 2 is 1.76 bits per heavy atom. The van der Waals surface area contributed by atoms with E-state index in [1.165, 1.54) is 5.56 Å². The number of aliphatic carboxylic acids is 1. The van der Waals surface area contributed by atoms with Gasteiger partial charge in [0.25, 0.3) is 5.89 Å². The lowest BCUT2D eigenvalue weighted by Gasteiger charge is -2.10. The third kappa shape index (κ3) is 3.92. The summed E-state index contributed by atoms with van der Waals surface area (Å²) in [5.41, 5.74) is 3.79. The summed E-state index contributed by atoms with van der Waals surface area (Å²) in [6.07, 6.45) is 0.410. The third-order valence-corrected chi connectivity index (χ3v) is 4.02. The van der Waals surface area contributed by atoms with Crippen LogP contribution < -0.4 is 5.32 Å². The summed E-state index contributed by atoms with van der Waals surface area (Å²) in [4.78, 5) is 15.5. The Morgan fingerprint density at radius 3 is 2.36 bits per heavy atom. The Labute approximate surface area is 145 Å². The number of hydrogen-bond acceptors (Lipinski definition) is 5. The van der Waals surface area contributed by atoms with Crippen LogP contribution in [0.4, 0.5) is 0 Å². The zero-order valence-electron chi connectivity index (χ0n) is 14.1. The van der Waals surface area contributed by atoms with E-state index in [0.29, 0.717) is 18.1 Å². The molecule has 25 heavy (non-hydrogen) atoms. The molecule has 0 amide bonds. The number of nitrogens with one attached hydrogen (secondary N) is 1. The molecule has 1 atom stereocenters. The van der Waals surface area contributed by atoms with E-state index in [-0.39, 0.29) is 0 Å². The Morgan fingerprint density at radius 1 is 1.12 bits per heavy atom. The normalized spacial score (nSPS) is 12.1. The van der Waals surface area contributed by atoms with Crippen molar-refractivity contribution in [3.8, 4) is 22.8 Å². The minimum Gasteiger partial charge on any atom is -0.480 e. The molecule has 2 N–H and O–H groups in total. The minimum atomic E-state index is -0.868. The van der Waals surface area contributed by atoms with Crippen molar-refractivity contribution in [1.29, 1.82) is 0 Å². The molecule has 1 aromatic heterocycles. The monoisotopic (exact) mass is 337 g/mol. The maximum atomic E-state index is 11.1. The van der Waals surface area contributed by atoms with Crippen molar-refractivity contribution in [3.05, 3.63) is 59.7 Å². The summed E-state index contributed by atoms with van der Waals surface area (Å²) in [5.74, 6) is 0.109. The predicted molar refractivity (Wildman–Crippen MR) is 94.1 cm³/mol. The zero-order valence-corrected chi connectivity index (χ0v) is 14.1. The van der Waals surface area contributed by atoms with Crippen LogP contribution in [0.5, 0.6) is 0 Å². The van der Waals surface area contributed by atoms with Crippen molar-refractivity contribution in [2.75, 3.05) is 7.05 Å². The second-order valence-electron chi connectivity index (χ2n) is 5.87. The molecule has 0 aliphatic heterocycles. The quantitative estimate of drug-likeness (QED) is 0.719. The molecular formula is C19H19N3O3. The highest BCUT2D eigenvalue weighted by Gasteiger charge is 2.16. The largest absolute Gasteiger partial charge is 0.480 e. The number of likely N-dealkylation sites (N-methyl/N-ethyl adjacent to an activating group) is 1. The van der Waals surface area contributed by atoms with Crippen molar-refractivity contribution in [2.45, 2.75) is 19.4 Å². The molecule has 0 radical (unpaired) electrons. The zero-order chi connectivity index (χ0) is 17.8. The van der Waals surface area contributed by atoms with Gasteiger partial charge in [0, 0.05) is 11.1 Å². The van der Waals surface area contributed by atoms with Crippen molar-refractivity contribution < 1.29 is 14.4 Å². The van der Waals surface area contributed by atoms with Crippen LogP contribution in [-0.2, 0) is 11.2 Å². The van der Waals surface area contributed by atoms with E-state index in [2.05, 4.69) is 15.5 Å². The molecule has 0 aliphatic carbocycles. The van der Waals surface area contributed by atoms with Gasteiger partial charge in [-0.25, -0.2) is 0 Å². The molecule has 6 nitrogen and oxygen atoms in total. The summed E-state index contributed by atoms with van der Waals surface area (Å²) in [6, 6.07) is 14.8. The molecule has 0 saturated carbocycles. The molecule has 3 rings (SSSR count). The number of carbonyl (C=O) groups is 1. The van der Waals surface area contributed by atoms with Crippen molar-refractivity contribution in [3.63, 3.8) is 0 Å². The van der Waals surface area contributed by atoms with E-state index < -0.39 is 12.0 Å². The summed E-state index contributed by atoms with van der Waals surface area (Å²) < 4.78 is 5.34. The van der Waals surface area contributed by atoms with Gasteiger partial charge in [-0.05, 0) is 38.1 Å². The van der Waals surface area contributed by atoms with Gasteiger partial charge in [-0.1, -0.05) is 47.1 Å². The number of carboxylic acid groups (broad SMARTS) is 1. The predicted octanol–water partition coefficient (Wildman–Crippen LogP) is 2.93. The van der Waals surface area contributed by atoms with E-state index in [9.17, 15) is 4.79 Å². The van der Waals surface area contributed by atoms with Gasteiger partial charge in [-0.15, -0.1) is 0 Å². The number of rotatable bonds is 6. The molecule has 3 aromatic rings. The molecule has 1 heterocycles. The number of aromatic nitrogens is 2. The second kappa shape index (κ2) is 7.27. The average molecular weight is 337 g/mol. The topological polar surface area (TPSA) is 88.3 Å². The Hall–Kier alpha value is -2.99. The second-order valence-corrected chi connectivity index (χ2v) is 5.87. The van der Waals surface area contributed by atoms with Crippen LogP contribution in [0, 0.1) is 6.92 Å². The van der Waals surface area contributed by atoms with E-state index in [0.717, 1.165) is 16.7 Å². The van der Waals surface area contributed by atoms with Crippen LogP contribution in [0.15, 0.2) is 53.1 Å². The fraction of sp³-hybridized carbons (Fsp3) is 0.211.